The van der Waals surface area contributed by atoms with Gasteiger partial charge in [0.15, 0.2) is 0 Å². The standard InChI is InChI=1S/C18H17NO6/c19-8-11-1-6-15-12(7-11)9-24-17(15)18(22)25-14-4-2-13(3-5-14)23-10-16(20)21/h1,6-7,9,13-14H,2-5,10H2,(H,20,21). The Bertz CT molecular complexity index is 826. The zero-order valence-electron chi connectivity index (χ0n) is 13.4. The zero-order valence-corrected chi connectivity index (χ0v) is 13.4. The molecule has 1 saturated carbocycles. The third-order valence-electron chi connectivity index (χ3n) is 4.25. The van der Waals surface area contributed by atoms with Crippen molar-refractivity contribution in [3.8, 4) is 6.07 Å². The second-order valence-electron chi connectivity index (χ2n) is 5.99. The Kier molecular flexibility index (Phi) is 5.00. The van der Waals surface area contributed by atoms with Crippen LogP contribution in [-0.4, -0.2) is 35.9 Å². The van der Waals surface area contributed by atoms with Gasteiger partial charge in [0, 0.05) is 10.8 Å². The fourth-order valence-electron chi connectivity index (χ4n) is 2.99. The third kappa shape index (κ3) is 3.98. The summed E-state index contributed by atoms with van der Waals surface area (Å²) in [5.74, 6) is -1.39. The lowest BCUT2D eigenvalue weighted by molar-refractivity contribution is -0.145. The quantitative estimate of drug-likeness (QED) is 0.831. The summed E-state index contributed by atoms with van der Waals surface area (Å²) in [5.41, 5.74) is 0.493. The number of hydrogen-bond acceptors (Lipinski definition) is 6. The Morgan fingerprint density at radius 3 is 2.64 bits per heavy atom. The number of carbonyl (C=O) groups is 2. The minimum atomic E-state index is -0.988. The van der Waals surface area contributed by atoms with E-state index in [-0.39, 0.29) is 24.6 Å². The van der Waals surface area contributed by atoms with Crippen molar-refractivity contribution in [2.75, 3.05) is 6.61 Å². The van der Waals surface area contributed by atoms with Crippen LogP contribution in [0.3, 0.4) is 0 Å². The number of benzene rings is 1. The molecule has 7 nitrogen and oxygen atoms in total. The number of carboxylic acids is 1. The van der Waals surface area contributed by atoms with Gasteiger partial charge in [-0.25, -0.2) is 9.59 Å². The van der Waals surface area contributed by atoms with Crippen molar-refractivity contribution in [2.45, 2.75) is 37.9 Å². The van der Waals surface area contributed by atoms with Gasteiger partial charge in [0.05, 0.1) is 24.0 Å². The van der Waals surface area contributed by atoms with Gasteiger partial charge < -0.3 is 19.0 Å². The number of ether oxygens (including phenoxy) is 2. The van der Waals surface area contributed by atoms with E-state index in [9.17, 15) is 9.59 Å². The number of furan rings is 1. The second-order valence-corrected chi connectivity index (χ2v) is 5.99. The van der Waals surface area contributed by atoms with Gasteiger partial charge in [-0.05, 0) is 43.9 Å². The van der Waals surface area contributed by atoms with Gasteiger partial charge in [-0.1, -0.05) is 0 Å². The van der Waals surface area contributed by atoms with Gasteiger partial charge in [-0.2, -0.15) is 5.26 Å². The van der Waals surface area contributed by atoms with Crippen LogP contribution in [0.1, 0.15) is 41.8 Å². The highest BCUT2D eigenvalue weighted by Crippen LogP contribution is 2.27. The lowest BCUT2D eigenvalue weighted by Gasteiger charge is -2.27. The molecule has 1 aliphatic rings. The number of nitrogens with zero attached hydrogens (tertiary/aromatic N) is 1. The molecule has 1 aromatic carbocycles. The van der Waals surface area contributed by atoms with E-state index in [1.807, 2.05) is 6.07 Å². The van der Waals surface area contributed by atoms with Crippen LogP contribution in [0.2, 0.25) is 0 Å². The normalized spacial score (nSPS) is 20.1. The number of aliphatic carboxylic acids is 1. The molecule has 1 aliphatic carbocycles. The molecule has 130 valence electrons. The Morgan fingerprint density at radius 2 is 1.96 bits per heavy atom. The summed E-state index contributed by atoms with van der Waals surface area (Å²) in [6, 6.07) is 6.99. The van der Waals surface area contributed by atoms with Crippen LogP contribution in [0, 0.1) is 11.3 Å². The lowest BCUT2D eigenvalue weighted by Crippen LogP contribution is -2.29. The van der Waals surface area contributed by atoms with Crippen molar-refractivity contribution >= 4 is 22.7 Å². The van der Waals surface area contributed by atoms with Crippen molar-refractivity contribution in [3.05, 3.63) is 35.8 Å². The lowest BCUT2D eigenvalue weighted by atomic mass is 9.95. The maximum atomic E-state index is 12.3. The van der Waals surface area contributed by atoms with Gasteiger partial charge in [0.1, 0.15) is 12.7 Å². The van der Waals surface area contributed by atoms with Crippen molar-refractivity contribution < 1.29 is 28.6 Å². The molecule has 0 amide bonds. The molecule has 0 spiro atoms. The van der Waals surface area contributed by atoms with E-state index in [1.165, 1.54) is 6.26 Å². The summed E-state index contributed by atoms with van der Waals surface area (Å²) in [7, 11) is 0. The van der Waals surface area contributed by atoms with E-state index >= 15 is 0 Å². The molecular formula is C18H17NO6. The molecule has 0 aliphatic heterocycles. The first kappa shape index (κ1) is 17.0. The molecule has 1 heterocycles. The highest BCUT2D eigenvalue weighted by Gasteiger charge is 2.27. The summed E-state index contributed by atoms with van der Waals surface area (Å²) in [6.07, 6.45) is 3.62. The van der Waals surface area contributed by atoms with Gasteiger partial charge in [-0.3, -0.25) is 0 Å². The van der Waals surface area contributed by atoms with Crippen LogP contribution in [0.15, 0.2) is 28.9 Å². The smallest absolute Gasteiger partial charge is 0.375 e. The predicted octanol–water partition coefficient (Wildman–Crippen LogP) is 2.87. The average molecular weight is 343 g/mol. The Hall–Kier alpha value is -2.85. The first-order valence-electron chi connectivity index (χ1n) is 8.02. The van der Waals surface area contributed by atoms with Crippen molar-refractivity contribution in [2.24, 2.45) is 0 Å². The van der Waals surface area contributed by atoms with Crippen LogP contribution in [0.5, 0.6) is 0 Å². The monoisotopic (exact) mass is 343 g/mol. The molecule has 7 heteroatoms. The predicted molar refractivity (Wildman–Crippen MR) is 86.0 cm³/mol. The van der Waals surface area contributed by atoms with Crippen LogP contribution in [0.25, 0.3) is 10.8 Å². The summed E-state index contributed by atoms with van der Waals surface area (Å²) in [6.45, 7) is -0.307. The minimum absolute atomic E-state index is 0.111. The van der Waals surface area contributed by atoms with Crippen molar-refractivity contribution in [1.82, 2.24) is 0 Å². The Balaban J connectivity index is 1.58. The molecule has 2 aromatic rings. The van der Waals surface area contributed by atoms with Gasteiger partial charge in [0.2, 0.25) is 5.76 Å². The molecule has 1 N–H and O–H groups in total. The maximum Gasteiger partial charge on any atom is 0.375 e. The molecule has 0 saturated heterocycles. The fraction of sp³-hybridized carbons (Fsp3) is 0.389. The van der Waals surface area contributed by atoms with Crippen molar-refractivity contribution in [3.63, 3.8) is 0 Å². The SMILES string of the molecule is N#Cc1ccc2c(C(=O)OC3CCC(OCC(=O)O)CC3)occ2c1. The fourth-order valence-corrected chi connectivity index (χ4v) is 2.99. The molecular weight excluding hydrogens is 326 g/mol. The Morgan fingerprint density at radius 1 is 1.24 bits per heavy atom. The Labute approximate surface area is 143 Å². The van der Waals surface area contributed by atoms with Gasteiger partial charge in [0.25, 0.3) is 0 Å². The molecule has 0 atom stereocenters. The molecule has 0 unspecified atom stereocenters. The van der Waals surface area contributed by atoms with E-state index in [1.54, 1.807) is 18.2 Å². The van der Waals surface area contributed by atoms with Crippen molar-refractivity contribution in [1.29, 1.82) is 5.26 Å². The van der Waals surface area contributed by atoms with E-state index in [0.29, 0.717) is 42.0 Å². The van der Waals surface area contributed by atoms with Crippen LogP contribution < -0.4 is 0 Å². The van der Waals surface area contributed by atoms with Crippen LogP contribution in [-0.2, 0) is 14.3 Å². The number of nitriles is 1. The van der Waals surface area contributed by atoms with E-state index in [0.717, 1.165) is 0 Å². The molecule has 25 heavy (non-hydrogen) atoms. The number of carbonyl (C=O) groups excluding carboxylic acids is 1. The molecule has 0 bridgehead atoms. The first-order valence-corrected chi connectivity index (χ1v) is 8.02. The molecule has 0 radical (unpaired) electrons. The molecule has 1 fully saturated rings. The zero-order chi connectivity index (χ0) is 17.8. The number of rotatable bonds is 5. The van der Waals surface area contributed by atoms with Gasteiger partial charge in [-0.15, -0.1) is 0 Å². The second kappa shape index (κ2) is 7.36. The van der Waals surface area contributed by atoms with Crippen LogP contribution in [0.4, 0.5) is 0 Å². The third-order valence-corrected chi connectivity index (χ3v) is 4.25. The topological polar surface area (TPSA) is 110 Å². The number of carboxylic acid groups (broad SMARTS) is 1. The summed E-state index contributed by atoms with van der Waals surface area (Å²) in [4.78, 5) is 22.9. The van der Waals surface area contributed by atoms with E-state index in [2.05, 4.69) is 0 Å². The van der Waals surface area contributed by atoms with Gasteiger partial charge >= 0.3 is 11.9 Å². The maximum absolute atomic E-state index is 12.3. The highest BCUT2D eigenvalue weighted by atomic mass is 16.6. The summed E-state index contributed by atoms with van der Waals surface area (Å²) in [5, 5.41) is 18.8. The van der Waals surface area contributed by atoms with E-state index in [4.69, 9.17) is 24.3 Å². The number of esters is 1. The minimum Gasteiger partial charge on any atom is -0.480 e. The van der Waals surface area contributed by atoms with Crippen LogP contribution >= 0.6 is 0 Å². The average Bonchev–Trinajstić information content (AvgIpc) is 3.04. The number of fused-ring (bicyclic) bond motifs is 1. The largest absolute Gasteiger partial charge is 0.480 e. The van der Waals surface area contributed by atoms with E-state index < -0.39 is 11.9 Å². The summed E-state index contributed by atoms with van der Waals surface area (Å²) >= 11 is 0. The highest BCUT2D eigenvalue weighted by molar-refractivity contribution is 6.02. The molecule has 1 aromatic heterocycles. The number of hydrogen-bond donors (Lipinski definition) is 1. The first-order chi connectivity index (χ1) is 12.1. The summed E-state index contributed by atoms with van der Waals surface area (Å²) < 4.78 is 16.1. The molecule has 3 rings (SSSR count).